The van der Waals surface area contributed by atoms with E-state index in [2.05, 4.69) is 92.9 Å². The molecule has 0 heterocycles. The number of nitrogens with zero attached hydrogens (tertiary/aromatic N) is 2. The average molecular weight is 391 g/mol. The highest BCUT2D eigenvalue weighted by atomic mass is 16.5. The van der Waals surface area contributed by atoms with E-state index < -0.39 is 0 Å². The third-order valence-corrected chi connectivity index (χ3v) is 3.12. The minimum Gasteiger partial charge on any atom is -0.360 e. The van der Waals surface area contributed by atoms with E-state index in [-0.39, 0.29) is 22.4 Å². The fourth-order valence-electron chi connectivity index (χ4n) is 1.66. The Morgan fingerprint density at radius 2 is 0.593 bits per heavy atom. The van der Waals surface area contributed by atoms with Gasteiger partial charge in [-0.25, -0.2) is 9.80 Å². The molecule has 0 aliphatic rings. The van der Waals surface area contributed by atoms with Crippen molar-refractivity contribution in [3.8, 4) is 0 Å². The molecule has 0 bridgehead atoms. The Kier molecular flexibility index (Phi) is 10.4. The van der Waals surface area contributed by atoms with E-state index in [1.165, 1.54) is 0 Å². The summed E-state index contributed by atoms with van der Waals surface area (Å²) < 4.78 is 23.9. The Hall–Kier alpha value is -0.240. The molecule has 0 radical (unpaired) electrons. The summed E-state index contributed by atoms with van der Waals surface area (Å²) in [6.07, 6.45) is 0. The van der Waals surface area contributed by atoms with Crippen LogP contribution in [0.5, 0.6) is 0 Å². The fraction of sp³-hybridized carbons (Fsp3) is 1.00. The topological polar surface area (TPSA) is 43.4 Å². The van der Waals surface area contributed by atoms with Crippen molar-refractivity contribution in [2.45, 2.75) is 105 Å². The Bertz CT molecular complexity index is 326. The second-order valence-corrected chi connectivity index (χ2v) is 11.0. The van der Waals surface area contributed by atoms with Crippen LogP contribution in [0.2, 0.25) is 0 Å². The molecule has 0 atom stereocenters. The Morgan fingerprint density at radius 3 is 0.741 bits per heavy atom. The lowest BCUT2D eigenvalue weighted by Gasteiger charge is -2.36. The van der Waals surface area contributed by atoms with E-state index in [0.29, 0.717) is 33.6 Å². The van der Waals surface area contributed by atoms with Crippen molar-refractivity contribution in [3.63, 3.8) is 0 Å². The molecule has 0 aliphatic heterocycles. The summed E-state index contributed by atoms with van der Waals surface area (Å²) in [6, 6.07) is 0. The van der Waals surface area contributed by atoms with Gasteiger partial charge in [-0.05, 0) is 83.1 Å². The van der Waals surface area contributed by atoms with Crippen LogP contribution in [0, 0.1) is 0 Å². The molecule has 0 rings (SSSR count). The smallest absolute Gasteiger partial charge is 0.103 e. The zero-order chi connectivity index (χ0) is 21.5. The third kappa shape index (κ3) is 18.9. The molecule has 0 aromatic rings. The Morgan fingerprint density at radius 1 is 0.407 bits per heavy atom. The van der Waals surface area contributed by atoms with Crippen molar-refractivity contribution in [2.75, 3.05) is 33.6 Å². The molecular formula is C21H46N2O4. The van der Waals surface area contributed by atoms with Crippen LogP contribution in [-0.2, 0) is 18.9 Å². The highest BCUT2D eigenvalue weighted by molar-refractivity contribution is 4.64. The van der Waals surface area contributed by atoms with Gasteiger partial charge in [0.25, 0.3) is 0 Å². The highest BCUT2D eigenvalue weighted by Crippen LogP contribution is 2.14. The van der Waals surface area contributed by atoms with E-state index in [9.17, 15) is 0 Å². The fourth-order valence-corrected chi connectivity index (χ4v) is 1.66. The molecule has 0 aliphatic carbocycles. The first-order valence-electron chi connectivity index (χ1n) is 9.87. The number of hydrogen-bond donors (Lipinski definition) is 0. The van der Waals surface area contributed by atoms with Crippen LogP contribution in [0.3, 0.4) is 0 Å². The first kappa shape index (κ1) is 26.8. The molecule has 6 nitrogen and oxygen atoms in total. The minimum atomic E-state index is -0.214. The molecule has 27 heavy (non-hydrogen) atoms. The predicted octanol–water partition coefficient (Wildman–Crippen LogP) is 4.64. The zero-order valence-corrected chi connectivity index (χ0v) is 20.1. The maximum Gasteiger partial charge on any atom is 0.103 e. The molecule has 6 heteroatoms. The normalized spacial score (nSPS) is 14.4. The molecule has 0 unspecified atom stereocenters. The van der Waals surface area contributed by atoms with Gasteiger partial charge in [0, 0.05) is 0 Å². The first-order valence-corrected chi connectivity index (χ1v) is 9.87. The van der Waals surface area contributed by atoms with Crippen LogP contribution < -0.4 is 0 Å². The van der Waals surface area contributed by atoms with Crippen LogP contribution >= 0.6 is 0 Å². The van der Waals surface area contributed by atoms with Crippen LogP contribution in [-0.4, -0.2) is 65.8 Å². The highest BCUT2D eigenvalue weighted by Gasteiger charge is 2.22. The van der Waals surface area contributed by atoms with Gasteiger partial charge >= 0.3 is 0 Å². The first-order chi connectivity index (χ1) is 11.9. The van der Waals surface area contributed by atoms with Gasteiger partial charge in [-0.3, -0.25) is 0 Å². The monoisotopic (exact) mass is 390 g/mol. The van der Waals surface area contributed by atoms with Crippen molar-refractivity contribution in [2.24, 2.45) is 0 Å². The van der Waals surface area contributed by atoms with Gasteiger partial charge < -0.3 is 18.9 Å². The summed E-state index contributed by atoms with van der Waals surface area (Å²) >= 11 is 0. The van der Waals surface area contributed by atoms with E-state index in [0.717, 1.165) is 0 Å². The summed E-state index contributed by atoms with van der Waals surface area (Å²) in [5.41, 5.74) is -0.855. The van der Waals surface area contributed by atoms with Crippen LogP contribution in [0.25, 0.3) is 0 Å². The van der Waals surface area contributed by atoms with Gasteiger partial charge in [-0.1, -0.05) is 0 Å². The quantitative estimate of drug-likeness (QED) is 0.506. The van der Waals surface area contributed by atoms with Gasteiger partial charge in [-0.2, -0.15) is 0 Å². The summed E-state index contributed by atoms with van der Waals surface area (Å²) in [5.74, 6) is 0. The minimum absolute atomic E-state index is 0.214. The standard InChI is InChI=1S/C21H46N2O4/c1-18(2,3)24-14-22(15-25-19(4,5)6)13-23(16-26-20(7,8)9)17-27-21(10,11)12/h13-17H2,1-12H3. The van der Waals surface area contributed by atoms with Crippen molar-refractivity contribution in [1.82, 2.24) is 9.80 Å². The van der Waals surface area contributed by atoms with Gasteiger partial charge in [-0.15, -0.1) is 0 Å². The van der Waals surface area contributed by atoms with Crippen molar-refractivity contribution in [1.29, 1.82) is 0 Å². The summed E-state index contributed by atoms with van der Waals surface area (Å²) in [7, 11) is 0. The lowest BCUT2D eigenvalue weighted by atomic mass is 10.2. The average Bonchev–Trinajstić information content (AvgIpc) is 2.40. The maximum absolute atomic E-state index is 5.99. The summed E-state index contributed by atoms with van der Waals surface area (Å²) in [5, 5.41) is 0. The van der Waals surface area contributed by atoms with Gasteiger partial charge in [0.05, 0.1) is 29.1 Å². The summed E-state index contributed by atoms with van der Waals surface area (Å²) in [6.45, 7) is 27.2. The number of ether oxygens (including phenoxy) is 4. The van der Waals surface area contributed by atoms with Gasteiger partial charge in [0.15, 0.2) is 0 Å². The van der Waals surface area contributed by atoms with Crippen LogP contribution in [0.15, 0.2) is 0 Å². The third-order valence-electron chi connectivity index (χ3n) is 3.12. The van der Waals surface area contributed by atoms with Gasteiger partial charge in [0.1, 0.15) is 26.9 Å². The SMILES string of the molecule is CC(C)(C)OCN(COC(C)(C)C)CN(COC(C)(C)C)COC(C)(C)C. The Labute approximate surface area is 168 Å². The molecule has 0 aromatic carbocycles. The van der Waals surface area contributed by atoms with Crippen LogP contribution in [0.4, 0.5) is 0 Å². The molecule has 164 valence electrons. The van der Waals surface area contributed by atoms with Gasteiger partial charge in [0.2, 0.25) is 0 Å². The number of hydrogen-bond acceptors (Lipinski definition) is 6. The van der Waals surface area contributed by atoms with E-state index >= 15 is 0 Å². The molecule has 0 saturated heterocycles. The Balaban J connectivity index is 5.03. The largest absolute Gasteiger partial charge is 0.360 e. The molecular weight excluding hydrogens is 344 g/mol. The second-order valence-electron chi connectivity index (χ2n) is 11.0. The molecule has 0 amide bonds. The zero-order valence-electron chi connectivity index (χ0n) is 20.1. The lowest BCUT2D eigenvalue weighted by molar-refractivity contribution is -0.174. The van der Waals surface area contributed by atoms with E-state index in [1.54, 1.807) is 0 Å². The summed E-state index contributed by atoms with van der Waals surface area (Å²) in [4.78, 5) is 4.24. The van der Waals surface area contributed by atoms with E-state index in [4.69, 9.17) is 18.9 Å². The molecule has 0 fully saturated rings. The molecule has 0 aromatic heterocycles. The maximum atomic E-state index is 5.99. The predicted molar refractivity (Wildman–Crippen MR) is 111 cm³/mol. The lowest BCUT2D eigenvalue weighted by Crippen LogP contribution is -2.46. The van der Waals surface area contributed by atoms with Crippen molar-refractivity contribution >= 4 is 0 Å². The van der Waals surface area contributed by atoms with Crippen LogP contribution in [0.1, 0.15) is 83.1 Å². The van der Waals surface area contributed by atoms with Crippen molar-refractivity contribution in [3.05, 3.63) is 0 Å². The molecule has 0 N–H and O–H groups in total. The van der Waals surface area contributed by atoms with Crippen molar-refractivity contribution < 1.29 is 18.9 Å². The second kappa shape index (κ2) is 10.5. The molecule has 0 spiro atoms. The number of rotatable bonds is 10. The van der Waals surface area contributed by atoms with E-state index in [1.807, 2.05) is 0 Å². The molecule has 0 saturated carbocycles.